The molecular weight excluding hydrogens is 304 g/mol. The molecule has 1 unspecified atom stereocenters. The Hall–Kier alpha value is -2.88. The van der Waals surface area contributed by atoms with Crippen molar-refractivity contribution in [3.05, 3.63) is 77.4 Å². The summed E-state index contributed by atoms with van der Waals surface area (Å²) >= 11 is 0. The summed E-state index contributed by atoms with van der Waals surface area (Å²) in [5.41, 5.74) is 2.31. The molecule has 0 spiro atoms. The number of carbonyl (C=O) groups excluding carboxylic acids is 1. The van der Waals surface area contributed by atoms with Gasteiger partial charge >= 0.3 is 11.9 Å². The van der Waals surface area contributed by atoms with Gasteiger partial charge in [-0.05, 0) is 29.2 Å². The van der Waals surface area contributed by atoms with E-state index in [0.29, 0.717) is 17.5 Å². The number of hydrogen-bond donors (Lipinski definition) is 1. The Morgan fingerprint density at radius 3 is 2.42 bits per heavy atom. The number of esters is 1. The van der Waals surface area contributed by atoms with Crippen molar-refractivity contribution >= 4 is 18.0 Å². The zero-order valence-electron chi connectivity index (χ0n) is 13.5. The maximum atomic E-state index is 11.8. The van der Waals surface area contributed by atoms with Crippen LogP contribution in [-0.2, 0) is 20.9 Å². The molecule has 0 saturated heterocycles. The average Bonchev–Trinajstić information content (AvgIpc) is 2.60. The molecule has 24 heavy (non-hydrogen) atoms. The van der Waals surface area contributed by atoms with Gasteiger partial charge in [0.2, 0.25) is 0 Å². The number of ether oxygens (including phenoxy) is 1. The molecule has 0 radical (unpaired) electrons. The number of aliphatic carboxylic acids is 1. The standard InChI is InChI=1S/C20H20O4/c1-2-17(20(22)23)18-11-7-6-10-16(18)14-24-19(21)13-12-15-8-4-3-5-9-15/h3-13,17H,2,14H2,1H3,(H,22,23)/b13-12+. The van der Waals surface area contributed by atoms with Crippen LogP contribution in [0, 0.1) is 0 Å². The first-order chi connectivity index (χ1) is 11.6. The third-order valence-electron chi connectivity index (χ3n) is 3.72. The summed E-state index contributed by atoms with van der Waals surface area (Å²) in [4.78, 5) is 23.2. The van der Waals surface area contributed by atoms with Gasteiger partial charge in [0, 0.05) is 6.08 Å². The normalized spacial score (nSPS) is 12.0. The molecule has 2 aromatic carbocycles. The zero-order valence-corrected chi connectivity index (χ0v) is 13.5. The number of benzene rings is 2. The maximum absolute atomic E-state index is 11.8. The van der Waals surface area contributed by atoms with Gasteiger partial charge in [0.25, 0.3) is 0 Å². The lowest BCUT2D eigenvalue weighted by molar-refractivity contribution is -0.139. The topological polar surface area (TPSA) is 63.6 Å². The van der Waals surface area contributed by atoms with E-state index >= 15 is 0 Å². The van der Waals surface area contributed by atoms with Crippen LogP contribution >= 0.6 is 0 Å². The molecule has 4 heteroatoms. The van der Waals surface area contributed by atoms with Gasteiger partial charge in [-0.25, -0.2) is 4.79 Å². The highest BCUT2D eigenvalue weighted by atomic mass is 16.5. The van der Waals surface area contributed by atoms with Crippen LogP contribution in [0.1, 0.15) is 36.0 Å². The molecule has 0 aliphatic rings. The van der Waals surface area contributed by atoms with Crippen LogP contribution in [0.3, 0.4) is 0 Å². The number of carboxylic acid groups (broad SMARTS) is 1. The van der Waals surface area contributed by atoms with Gasteiger partial charge in [-0.2, -0.15) is 0 Å². The third kappa shape index (κ3) is 4.81. The highest BCUT2D eigenvalue weighted by Crippen LogP contribution is 2.24. The second kappa shape index (κ2) is 8.67. The van der Waals surface area contributed by atoms with E-state index in [-0.39, 0.29) is 6.61 Å². The van der Waals surface area contributed by atoms with Crippen molar-refractivity contribution in [2.24, 2.45) is 0 Å². The predicted molar refractivity (Wildman–Crippen MR) is 92.4 cm³/mol. The molecule has 0 bridgehead atoms. The van der Waals surface area contributed by atoms with Crippen LogP contribution in [0.5, 0.6) is 0 Å². The predicted octanol–water partition coefficient (Wildman–Crippen LogP) is 4.02. The molecule has 0 aliphatic heterocycles. The molecule has 0 aromatic heterocycles. The SMILES string of the molecule is CCC(C(=O)O)c1ccccc1COC(=O)/C=C/c1ccccc1. The second-order valence-electron chi connectivity index (χ2n) is 5.35. The van der Waals surface area contributed by atoms with E-state index in [4.69, 9.17) is 4.74 Å². The van der Waals surface area contributed by atoms with Crippen molar-refractivity contribution in [3.63, 3.8) is 0 Å². The monoisotopic (exact) mass is 324 g/mol. The Bertz CT molecular complexity index is 719. The molecule has 1 atom stereocenters. The molecule has 2 rings (SSSR count). The van der Waals surface area contributed by atoms with Gasteiger partial charge in [-0.3, -0.25) is 4.79 Å². The number of hydrogen-bond acceptors (Lipinski definition) is 3. The van der Waals surface area contributed by atoms with Crippen LogP contribution in [0.15, 0.2) is 60.7 Å². The molecule has 0 heterocycles. The molecule has 1 N–H and O–H groups in total. The van der Waals surface area contributed by atoms with Gasteiger partial charge in [-0.15, -0.1) is 0 Å². The Morgan fingerprint density at radius 2 is 1.75 bits per heavy atom. The molecule has 0 saturated carbocycles. The Kier molecular flexibility index (Phi) is 6.32. The lowest BCUT2D eigenvalue weighted by Crippen LogP contribution is -2.13. The summed E-state index contributed by atoms with van der Waals surface area (Å²) in [5.74, 6) is -1.93. The first-order valence-electron chi connectivity index (χ1n) is 7.82. The van der Waals surface area contributed by atoms with Gasteiger partial charge in [0.1, 0.15) is 6.61 Å². The summed E-state index contributed by atoms with van der Waals surface area (Å²) in [5, 5.41) is 9.32. The zero-order chi connectivity index (χ0) is 17.4. The Labute approximate surface area is 141 Å². The fraction of sp³-hybridized carbons (Fsp3) is 0.200. The molecule has 0 amide bonds. The molecular formula is C20H20O4. The van der Waals surface area contributed by atoms with E-state index in [1.54, 1.807) is 30.3 Å². The quantitative estimate of drug-likeness (QED) is 0.617. The van der Waals surface area contributed by atoms with Gasteiger partial charge in [-0.1, -0.05) is 61.5 Å². The van der Waals surface area contributed by atoms with Crippen LogP contribution in [0.4, 0.5) is 0 Å². The fourth-order valence-corrected chi connectivity index (χ4v) is 2.46. The van der Waals surface area contributed by atoms with E-state index in [2.05, 4.69) is 0 Å². The minimum Gasteiger partial charge on any atom is -0.481 e. The number of carbonyl (C=O) groups is 2. The smallest absolute Gasteiger partial charge is 0.331 e. The van der Waals surface area contributed by atoms with Gasteiger partial charge in [0.15, 0.2) is 0 Å². The average molecular weight is 324 g/mol. The molecule has 2 aromatic rings. The summed E-state index contributed by atoms with van der Waals surface area (Å²) in [7, 11) is 0. The largest absolute Gasteiger partial charge is 0.481 e. The Morgan fingerprint density at radius 1 is 1.08 bits per heavy atom. The molecule has 4 nitrogen and oxygen atoms in total. The van der Waals surface area contributed by atoms with Gasteiger partial charge in [0.05, 0.1) is 5.92 Å². The second-order valence-corrected chi connectivity index (χ2v) is 5.35. The van der Waals surface area contributed by atoms with Crippen molar-refractivity contribution in [1.29, 1.82) is 0 Å². The van der Waals surface area contributed by atoms with Crippen LogP contribution in [-0.4, -0.2) is 17.0 Å². The minimum absolute atomic E-state index is 0.0535. The summed E-state index contributed by atoms with van der Waals surface area (Å²) in [6, 6.07) is 16.6. The van der Waals surface area contributed by atoms with Crippen LogP contribution < -0.4 is 0 Å². The van der Waals surface area contributed by atoms with Crippen LogP contribution in [0.25, 0.3) is 6.08 Å². The lowest BCUT2D eigenvalue weighted by atomic mass is 9.92. The summed E-state index contributed by atoms with van der Waals surface area (Å²) in [6.07, 6.45) is 3.53. The van der Waals surface area contributed by atoms with Crippen LogP contribution in [0.2, 0.25) is 0 Å². The van der Waals surface area contributed by atoms with Crippen molar-refractivity contribution < 1.29 is 19.4 Å². The fourth-order valence-electron chi connectivity index (χ4n) is 2.46. The van der Waals surface area contributed by atoms with Gasteiger partial charge < -0.3 is 9.84 Å². The summed E-state index contributed by atoms with van der Waals surface area (Å²) in [6.45, 7) is 1.88. The molecule has 0 fully saturated rings. The van der Waals surface area contributed by atoms with E-state index < -0.39 is 17.9 Å². The van der Waals surface area contributed by atoms with Crippen molar-refractivity contribution in [2.75, 3.05) is 0 Å². The van der Waals surface area contributed by atoms with Crippen molar-refractivity contribution in [1.82, 2.24) is 0 Å². The van der Waals surface area contributed by atoms with Crippen molar-refractivity contribution in [2.45, 2.75) is 25.9 Å². The molecule has 124 valence electrons. The highest BCUT2D eigenvalue weighted by Gasteiger charge is 2.20. The number of rotatable bonds is 7. The van der Waals surface area contributed by atoms with E-state index in [1.807, 2.05) is 37.3 Å². The summed E-state index contributed by atoms with van der Waals surface area (Å²) < 4.78 is 5.25. The lowest BCUT2D eigenvalue weighted by Gasteiger charge is -2.15. The van der Waals surface area contributed by atoms with Crippen molar-refractivity contribution in [3.8, 4) is 0 Å². The van der Waals surface area contributed by atoms with E-state index in [0.717, 1.165) is 5.56 Å². The third-order valence-corrected chi connectivity index (χ3v) is 3.72. The first-order valence-corrected chi connectivity index (χ1v) is 7.82. The van der Waals surface area contributed by atoms with E-state index in [1.165, 1.54) is 6.08 Å². The highest BCUT2D eigenvalue weighted by molar-refractivity contribution is 5.87. The maximum Gasteiger partial charge on any atom is 0.331 e. The first kappa shape index (κ1) is 17.5. The number of carboxylic acids is 1. The Balaban J connectivity index is 2.03. The van der Waals surface area contributed by atoms with E-state index in [9.17, 15) is 14.7 Å². The molecule has 0 aliphatic carbocycles. The minimum atomic E-state index is -0.875.